The van der Waals surface area contributed by atoms with E-state index in [0.29, 0.717) is 21.3 Å². The molecule has 0 spiro atoms. The van der Waals surface area contributed by atoms with Crippen LogP contribution in [0.5, 0.6) is 0 Å². The molecule has 10 heteroatoms. The number of anilines is 2. The molecule has 1 aliphatic rings. The first-order chi connectivity index (χ1) is 14.6. The molecule has 0 radical (unpaired) electrons. The van der Waals surface area contributed by atoms with Crippen molar-refractivity contribution in [3.63, 3.8) is 0 Å². The van der Waals surface area contributed by atoms with Gasteiger partial charge in [-0.1, -0.05) is 41.4 Å². The van der Waals surface area contributed by atoms with E-state index in [4.69, 9.17) is 23.2 Å². The first-order valence-corrected chi connectivity index (χ1v) is 10.1. The topological polar surface area (TPSA) is 59.0 Å². The number of halogens is 5. The van der Waals surface area contributed by atoms with Crippen molar-refractivity contribution in [3.05, 3.63) is 75.4 Å². The Morgan fingerprint density at radius 3 is 2.48 bits per heavy atom. The standard InChI is InChI=1S/C21H17Cl2F3N4O/c1-11-2-5-14(23)8-15(11)28-20(31)17-10-19-27-16(12-3-6-13(22)7-4-12)9-18(21(24,25)26)30(19)29-17/h2-8,10,16,18,27H,9H2,1H3,(H,28,31)/t16-,18+/m0/s1. The first kappa shape index (κ1) is 21.5. The van der Waals surface area contributed by atoms with Gasteiger partial charge in [0.1, 0.15) is 5.82 Å². The average Bonchev–Trinajstić information content (AvgIpc) is 3.14. The number of hydrogen-bond acceptors (Lipinski definition) is 3. The molecule has 0 saturated carbocycles. The van der Waals surface area contributed by atoms with Gasteiger partial charge in [0.05, 0.1) is 6.04 Å². The predicted molar refractivity (Wildman–Crippen MR) is 114 cm³/mol. The highest BCUT2D eigenvalue weighted by Crippen LogP contribution is 2.43. The van der Waals surface area contributed by atoms with Gasteiger partial charge >= 0.3 is 6.18 Å². The van der Waals surface area contributed by atoms with Crippen LogP contribution in [-0.2, 0) is 0 Å². The van der Waals surface area contributed by atoms with E-state index >= 15 is 0 Å². The molecular formula is C21H17Cl2F3N4O. The summed E-state index contributed by atoms with van der Waals surface area (Å²) >= 11 is 11.9. The monoisotopic (exact) mass is 468 g/mol. The van der Waals surface area contributed by atoms with Crippen molar-refractivity contribution in [2.75, 3.05) is 10.6 Å². The van der Waals surface area contributed by atoms with Crippen LogP contribution in [0.1, 0.15) is 40.1 Å². The molecule has 0 bridgehead atoms. The van der Waals surface area contributed by atoms with Crippen LogP contribution in [-0.4, -0.2) is 21.9 Å². The number of fused-ring (bicyclic) bond motifs is 1. The number of rotatable bonds is 3. The Balaban J connectivity index is 1.65. The van der Waals surface area contributed by atoms with E-state index < -0.39 is 24.2 Å². The number of nitrogens with one attached hydrogen (secondary N) is 2. The summed E-state index contributed by atoms with van der Waals surface area (Å²) < 4.78 is 42.2. The number of aromatic nitrogens is 2. The van der Waals surface area contributed by atoms with Crippen molar-refractivity contribution in [1.82, 2.24) is 9.78 Å². The number of hydrogen-bond donors (Lipinski definition) is 2. The normalized spacial score (nSPS) is 18.3. The summed E-state index contributed by atoms with van der Waals surface area (Å²) in [5, 5.41) is 10.6. The Bertz CT molecular complexity index is 1130. The van der Waals surface area contributed by atoms with E-state index in [2.05, 4.69) is 15.7 Å². The van der Waals surface area contributed by atoms with E-state index in [1.54, 1.807) is 49.4 Å². The molecule has 1 aliphatic heterocycles. The molecule has 2 atom stereocenters. The molecule has 4 rings (SSSR count). The number of benzene rings is 2. The molecule has 0 saturated heterocycles. The van der Waals surface area contributed by atoms with Crippen molar-refractivity contribution >= 4 is 40.6 Å². The second-order valence-corrected chi connectivity index (χ2v) is 8.19. The Morgan fingerprint density at radius 1 is 1.13 bits per heavy atom. The van der Waals surface area contributed by atoms with Gasteiger partial charge in [-0.05, 0) is 42.3 Å². The number of alkyl halides is 3. The lowest BCUT2D eigenvalue weighted by Gasteiger charge is -2.33. The Hall–Kier alpha value is -2.71. The fourth-order valence-corrected chi connectivity index (χ4v) is 3.81. The average molecular weight is 469 g/mol. The lowest BCUT2D eigenvalue weighted by molar-refractivity contribution is -0.173. The van der Waals surface area contributed by atoms with Crippen LogP contribution in [0.3, 0.4) is 0 Å². The molecule has 1 aromatic heterocycles. The smallest absolute Gasteiger partial charge is 0.363 e. The van der Waals surface area contributed by atoms with Crippen molar-refractivity contribution in [3.8, 4) is 0 Å². The molecule has 2 heterocycles. The van der Waals surface area contributed by atoms with Crippen molar-refractivity contribution < 1.29 is 18.0 Å². The van der Waals surface area contributed by atoms with Crippen molar-refractivity contribution in [1.29, 1.82) is 0 Å². The van der Waals surface area contributed by atoms with Crippen molar-refractivity contribution in [2.45, 2.75) is 31.6 Å². The van der Waals surface area contributed by atoms with E-state index in [-0.39, 0.29) is 17.9 Å². The van der Waals surface area contributed by atoms with Gasteiger partial charge < -0.3 is 10.6 Å². The SMILES string of the molecule is Cc1ccc(Cl)cc1NC(=O)c1cc2n(n1)[C@@H](C(F)(F)F)C[C@@H](c1ccc(Cl)cc1)N2. The fourth-order valence-electron chi connectivity index (χ4n) is 3.51. The minimum Gasteiger partial charge on any atom is -0.363 e. The van der Waals surface area contributed by atoms with Crippen molar-refractivity contribution in [2.24, 2.45) is 0 Å². The van der Waals surface area contributed by atoms with E-state index in [0.717, 1.165) is 10.2 Å². The van der Waals surface area contributed by atoms with Gasteiger partial charge in [0, 0.05) is 28.2 Å². The molecule has 1 amide bonds. The zero-order valence-corrected chi connectivity index (χ0v) is 17.7. The second-order valence-electron chi connectivity index (χ2n) is 7.31. The maximum atomic E-state index is 13.8. The Kier molecular flexibility index (Phi) is 5.61. The van der Waals surface area contributed by atoms with Crippen LogP contribution < -0.4 is 10.6 Å². The maximum absolute atomic E-state index is 13.8. The summed E-state index contributed by atoms with van der Waals surface area (Å²) in [5.41, 5.74) is 1.75. The molecule has 5 nitrogen and oxygen atoms in total. The minimum atomic E-state index is -4.54. The van der Waals surface area contributed by atoms with Gasteiger partial charge in [0.25, 0.3) is 5.91 Å². The molecule has 3 aromatic rings. The summed E-state index contributed by atoms with van der Waals surface area (Å²) in [5.74, 6) is -0.514. The molecule has 0 unspecified atom stereocenters. The van der Waals surface area contributed by atoms with Gasteiger partial charge in [-0.15, -0.1) is 0 Å². The van der Waals surface area contributed by atoms with Crippen LogP contribution >= 0.6 is 23.2 Å². The molecule has 0 aliphatic carbocycles. The highest BCUT2D eigenvalue weighted by atomic mass is 35.5. The van der Waals surface area contributed by atoms with Gasteiger partial charge in [-0.3, -0.25) is 4.79 Å². The Morgan fingerprint density at radius 2 is 1.81 bits per heavy atom. The zero-order valence-electron chi connectivity index (χ0n) is 16.2. The third kappa shape index (κ3) is 4.50. The van der Waals surface area contributed by atoms with Crippen LogP contribution in [0, 0.1) is 6.92 Å². The van der Waals surface area contributed by atoms with Gasteiger partial charge in [0.15, 0.2) is 11.7 Å². The number of nitrogens with zero attached hydrogens (tertiary/aromatic N) is 2. The first-order valence-electron chi connectivity index (χ1n) is 9.37. The van der Waals surface area contributed by atoms with Gasteiger partial charge in [-0.2, -0.15) is 18.3 Å². The third-order valence-electron chi connectivity index (χ3n) is 5.14. The van der Waals surface area contributed by atoms with Crippen LogP contribution in [0.4, 0.5) is 24.7 Å². The lowest BCUT2D eigenvalue weighted by atomic mass is 9.97. The highest BCUT2D eigenvalue weighted by molar-refractivity contribution is 6.31. The highest BCUT2D eigenvalue weighted by Gasteiger charge is 2.46. The summed E-state index contributed by atoms with van der Waals surface area (Å²) in [7, 11) is 0. The molecular weight excluding hydrogens is 452 g/mol. The molecule has 2 aromatic carbocycles. The Labute approximate surface area is 186 Å². The fraction of sp³-hybridized carbons (Fsp3) is 0.238. The number of amides is 1. The molecule has 2 N–H and O–H groups in total. The number of carbonyl (C=O) groups is 1. The van der Waals surface area contributed by atoms with E-state index in [9.17, 15) is 18.0 Å². The van der Waals surface area contributed by atoms with Gasteiger partial charge in [0.2, 0.25) is 0 Å². The molecule has 0 fully saturated rings. The number of carbonyl (C=O) groups excluding carboxylic acids is 1. The van der Waals surface area contributed by atoms with Crippen LogP contribution in [0.15, 0.2) is 48.5 Å². The zero-order chi connectivity index (χ0) is 22.3. The summed E-state index contributed by atoms with van der Waals surface area (Å²) in [4.78, 5) is 12.7. The lowest BCUT2D eigenvalue weighted by Crippen LogP contribution is -2.35. The maximum Gasteiger partial charge on any atom is 0.410 e. The summed E-state index contributed by atoms with van der Waals surface area (Å²) in [6.07, 6.45) is -4.81. The van der Waals surface area contributed by atoms with E-state index in [1.807, 2.05) is 0 Å². The quantitative estimate of drug-likeness (QED) is 0.466. The van der Waals surface area contributed by atoms with E-state index in [1.165, 1.54) is 6.07 Å². The van der Waals surface area contributed by atoms with Gasteiger partial charge in [-0.25, -0.2) is 4.68 Å². The third-order valence-corrected chi connectivity index (χ3v) is 5.63. The summed E-state index contributed by atoms with van der Waals surface area (Å²) in [6, 6.07) is 10.4. The van der Waals surface area contributed by atoms with Crippen LogP contribution in [0.25, 0.3) is 0 Å². The minimum absolute atomic E-state index is 0.112. The predicted octanol–water partition coefficient (Wildman–Crippen LogP) is 6.41. The second kappa shape index (κ2) is 8.09. The molecule has 162 valence electrons. The molecule has 31 heavy (non-hydrogen) atoms. The number of aryl methyl sites for hydroxylation is 1. The largest absolute Gasteiger partial charge is 0.410 e. The summed E-state index contributed by atoms with van der Waals surface area (Å²) in [6.45, 7) is 1.78. The van der Waals surface area contributed by atoms with Crippen LogP contribution in [0.2, 0.25) is 10.0 Å².